The zero-order valence-electron chi connectivity index (χ0n) is 20.7. The summed E-state index contributed by atoms with van der Waals surface area (Å²) in [5, 5.41) is 3.89. The lowest BCUT2D eigenvalue weighted by Gasteiger charge is -2.33. The molecule has 0 spiro atoms. The third-order valence-electron chi connectivity index (χ3n) is 6.63. The largest absolute Gasteiger partial charge is 0.490 e. The maximum absolute atomic E-state index is 12.8. The predicted molar refractivity (Wildman–Crippen MR) is 135 cm³/mol. The zero-order valence-corrected chi connectivity index (χ0v) is 20.7. The van der Waals surface area contributed by atoms with Crippen molar-refractivity contribution in [2.24, 2.45) is 0 Å². The number of hydrogen-bond donors (Lipinski definition) is 1. The van der Waals surface area contributed by atoms with Crippen molar-refractivity contribution in [2.45, 2.75) is 70.7 Å². The Balaban J connectivity index is 1.34. The minimum absolute atomic E-state index is 0.00617. The molecule has 5 nitrogen and oxygen atoms in total. The van der Waals surface area contributed by atoms with Gasteiger partial charge in [-0.3, -0.25) is 4.79 Å². The first-order valence-electron chi connectivity index (χ1n) is 12.7. The highest BCUT2D eigenvalue weighted by Gasteiger charge is 2.30. The molecule has 0 unspecified atom stereocenters. The number of nitrogens with one attached hydrogen (secondary N) is 1. The molecule has 194 valence electrons. The van der Waals surface area contributed by atoms with Crippen molar-refractivity contribution in [1.82, 2.24) is 5.32 Å². The topological polar surface area (TPSA) is 54.7 Å². The zero-order chi connectivity index (χ0) is 25.7. The first kappa shape index (κ1) is 25.9. The normalized spacial score (nSPS) is 15.0. The number of alkyl halides is 3. The Morgan fingerprint density at radius 3 is 2.33 bits per heavy atom. The molecular formula is C28H33F3N2O3. The van der Waals surface area contributed by atoms with Crippen LogP contribution in [-0.2, 0) is 6.18 Å². The molecule has 0 atom stereocenters. The van der Waals surface area contributed by atoms with Crippen LogP contribution in [0.1, 0.15) is 68.5 Å². The molecule has 1 fully saturated rings. The molecule has 0 radical (unpaired) electrons. The standard InChI is InChI=1S/C28H33F3N2O3/c1-3-5-21(6-4-2)32-27(34)26-18-19-17-24(11-12-25(19)36-26)35-23-13-15-33(16-14-23)22-9-7-20(8-10-22)28(29,30)31/h7-12,17-18,21,23H,3-6,13-16H2,1-2H3,(H,32,34). The number of anilines is 1. The number of ether oxygens (including phenoxy) is 1. The Morgan fingerprint density at radius 1 is 1.06 bits per heavy atom. The lowest BCUT2D eigenvalue weighted by molar-refractivity contribution is -0.137. The van der Waals surface area contributed by atoms with Gasteiger partial charge in [-0.25, -0.2) is 0 Å². The molecule has 1 N–H and O–H groups in total. The van der Waals surface area contributed by atoms with Gasteiger partial charge in [0.1, 0.15) is 17.4 Å². The van der Waals surface area contributed by atoms with Gasteiger partial charge in [0.25, 0.3) is 5.91 Å². The predicted octanol–water partition coefficient (Wildman–Crippen LogP) is 7.20. The van der Waals surface area contributed by atoms with Gasteiger partial charge in [-0.1, -0.05) is 26.7 Å². The average molecular weight is 503 g/mol. The van der Waals surface area contributed by atoms with E-state index in [-0.39, 0.29) is 18.1 Å². The maximum atomic E-state index is 12.8. The number of benzene rings is 2. The van der Waals surface area contributed by atoms with Gasteiger partial charge in [0, 0.05) is 43.0 Å². The molecule has 1 aliphatic rings. The van der Waals surface area contributed by atoms with Gasteiger partial charge in [-0.05, 0) is 61.4 Å². The number of rotatable bonds is 9. The summed E-state index contributed by atoms with van der Waals surface area (Å²) >= 11 is 0. The van der Waals surface area contributed by atoms with Gasteiger partial charge < -0.3 is 19.4 Å². The Labute approximate surface area is 209 Å². The molecule has 8 heteroatoms. The number of carbonyl (C=O) groups is 1. The lowest BCUT2D eigenvalue weighted by atomic mass is 10.1. The molecule has 2 heterocycles. The summed E-state index contributed by atoms with van der Waals surface area (Å²) in [7, 11) is 0. The molecule has 3 aromatic rings. The summed E-state index contributed by atoms with van der Waals surface area (Å²) in [5.41, 5.74) is 0.779. The minimum Gasteiger partial charge on any atom is -0.490 e. The summed E-state index contributed by atoms with van der Waals surface area (Å²) in [6.45, 7) is 5.61. The highest BCUT2D eigenvalue weighted by atomic mass is 19.4. The van der Waals surface area contributed by atoms with E-state index in [1.165, 1.54) is 12.1 Å². The van der Waals surface area contributed by atoms with Gasteiger partial charge >= 0.3 is 6.18 Å². The number of hydrogen-bond acceptors (Lipinski definition) is 4. The second-order valence-electron chi connectivity index (χ2n) is 9.41. The highest BCUT2D eigenvalue weighted by molar-refractivity contribution is 5.96. The van der Waals surface area contributed by atoms with Crippen LogP contribution < -0.4 is 15.0 Å². The SMILES string of the molecule is CCCC(CCC)NC(=O)c1cc2cc(OC3CCN(c4ccc(C(F)(F)F)cc4)CC3)ccc2o1. The van der Waals surface area contributed by atoms with Gasteiger partial charge in [0.05, 0.1) is 5.56 Å². The fraction of sp³-hybridized carbons (Fsp3) is 0.464. The van der Waals surface area contributed by atoms with Crippen molar-refractivity contribution in [2.75, 3.05) is 18.0 Å². The number of halogens is 3. The number of amides is 1. The summed E-state index contributed by atoms with van der Waals surface area (Å²) in [6, 6.07) is 12.7. The maximum Gasteiger partial charge on any atom is 0.416 e. The number of piperidine rings is 1. The number of furan rings is 1. The molecule has 1 aromatic heterocycles. The van der Waals surface area contributed by atoms with E-state index in [1.54, 1.807) is 6.07 Å². The van der Waals surface area contributed by atoms with E-state index in [1.807, 2.05) is 18.2 Å². The van der Waals surface area contributed by atoms with Gasteiger partial charge in [-0.15, -0.1) is 0 Å². The van der Waals surface area contributed by atoms with Crippen LogP contribution >= 0.6 is 0 Å². The van der Waals surface area contributed by atoms with Crippen LogP contribution in [0.25, 0.3) is 11.0 Å². The molecule has 2 aromatic carbocycles. The van der Waals surface area contributed by atoms with E-state index >= 15 is 0 Å². The van der Waals surface area contributed by atoms with Crippen LogP contribution in [0.4, 0.5) is 18.9 Å². The minimum atomic E-state index is -4.33. The molecule has 4 rings (SSSR count). The average Bonchev–Trinajstić information content (AvgIpc) is 3.28. The van der Waals surface area contributed by atoms with Crippen molar-refractivity contribution >= 4 is 22.6 Å². The monoisotopic (exact) mass is 502 g/mol. The third kappa shape index (κ3) is 6.33. The Hall–Kier alpha value is -3.16. The Morgan fingerprint density at radius 2 is 1.72 bits per heavy atom. The van der Waals surface area contributed by atoms with Gasteiger partial charge in [0.2, 0.25) is 0 Å². The van der Waals surface area contributed by atoms with E-state index in [9.17, 15) is 18.0 Å². The second kappa shape index (κ2) is 11.3. The second-order valence-corrected chi connectivity index (χ2v) is 9.41. The van der Waals surface area contributed by atoms with Gasteiger partial charge in [0.15, 0.2) is 5.76 Å². The molecule has 36 heavy (non-hydrogen) atoms. The molecule has 1 saturated heterocycles. The van der Waals surface area contributed by atoms with Crippen LogP contribution in [0.3, 0.4) is 0 Å². The first-order valence-corrected chi connectivity index (χ1v) is 12.7. The van der Waals surface area contributed by atoms with E-state index < -0.39 is 11.7 Å². The molecule has 0 bridgehead atoms. The van der Waals surface area contributed by atoms with Crippen LogP contribution in [0.15, 0.2) is 52.9 Å². The quantitative estimate of drug-likeness (QED) is 0.336. The summed E-state index contributed by atoms with van der Waals surface area (Å²) < 4.78 is 50.4. The van der Waals surface area contributed by atoms with Crippen LogP contribution in [-0.4, -0.2) is 31.1 Å². The van der Waals surface area contributed by atoms with Crippen LogP contribution in [0.2, 0.25) is 0 Å². The molecule has 1 aliphatic heterocycles. The van der Waals surface area contributed by atoms with E-state index in [4.69, 9.17) is 9.15 Å². The van der Waals surface area contributed by atoms with Crippen molar-refractivity contribution in [3.63, 3.8) is 0 Å². The Kier molecular flexibility index (Phi) is 8.11. The highest BCUT2D eigenvalue weighted by Crippen LogP contribution is 2.32. The van der Waals surface area contributed by atoms with Crippen molar-refractivity contribution < 1.29 is 27.1 Å². The fourth-order valence-electron chi connectivity index (χ4n) is 4.73. The molecule has 0 aliphatic carbocycles. The van der Waals surface area contributed by atoms with Gasteiger partial charge in [-0.2, -0.15) is 13.2 Å². The van der Waals surface area contributed by atoms with Crippen molar-refractivity contribution in [3.05, 3.63) is 59.9 Å². The Bertz CT molecular complexity index is 1140. The molecule has 0 saturated carbocycles. The van der Waals surface area contributed by atoms with E-state index in [2.05, 4.69) is 24.1 Å². The van der Waals surface area contributed by atoms with E-state index in [0.717, 1.165) is 61.7 Å². The number of nitrogens with zero attached hydrogens (tertiary/aromatic N) is 1. The summed E-state index contributed by atoms with van der Waals surface area (Å²) in [4.78, 5) is 14.8. The molecule has 1 amide bonds. The first-order chi connectivity index (χ1) is 17.3. The van der Waals surface area contributed by atoms with Crippen LogP contribution in [0, 0.1) is 0 Å². The lowest BCUT2D eigenvalue weighted by Crippen LogP contribution is -2.38. The molecular weight excluding hydrogens is 469 g/mol. The van der Waals surface area contributed by atoms with Crippen LogP contribution in [0.5, 0.6) is 5.75 Å². The van der Waals surface area contributed by atoms with Crippen molar-refractivity contribution in [1.29, 1.82) is 0 Å². The summed E-state index contributed by atoms with van der Waals surface area (Å²) in [5.74, 6) is 0.804. The third-order valence-corrected chi connectivity index (χ3v) is 6.63. The number of fused-ring (bicyclic) bond motifs is 1. The fourth-order valence-corrected chi connectivity index (χ4v) is 4.73. The van der Waals surface area contributed by atoms with E-state index in [0.29, 0.717) is 30.2 Å². The summed E-state index contributed by atoms with van der Waals surface area (Å²) in [6.07, 6.45) is 1.09. The smallest absolute Gasteiger partial charge is 0.416 e. The number of carbonyl (C=O) groups excluding carboxylic acids is 1. The van der Waals surface area contributed by atoms with Crippen molar-refractivity contribution in [3.8, 4) is 5.75 Å².